The van der Waals surface area contributed by atoms with Crippen molar-refractivity contribution in [1.82, 2.24) is 0 Å². The number of rotatable bonds is 5. The predicted molar refractivity (Wildman–Crippen MR) is 112 cm³/mol. The molecule has 0 unspecified atom stereocenters. The monoisotopic (exact) mass is 485 g/mol. The van der Waals surface area contributed by atoms with E-state index in [-0.39, 0.29) is 29.5 Å². The van der Waals surface area contributed by atoms with E-state index in [2.05, 4.69) is 0 Å². The van der Waals surface area contributed by atoms with Gasteiger partial charge < -0.3 is 4.74 Å². The molecule has 0 amide bonds. The Kier molecular flexibility index (Phi) is 5.81. The molecule has 4 nitrogen and oxygen atoms in total. The van der Waals surface area contributed by atoms with Crippen LogP contribution in [-0.2, 0) is 29.2 Å². The lowest BCUT2D eigenvalue weighted by Gasteiger charge is -2.21. The number of fused-ring (bicyclic) bond motifs is 1. The first-order chi connectivity index (χ1) is 15.1. The van der Waals surface area contributed by atoms with Gasteiger partial charge >= 0.3 is 6.18 Å². The highest BCUT2D eigenvalue weighted by molar-refractivity contribution is 7.92. The maximum atomic E-state index is 14.0. The zero-order chi connectivity index (χ0) is 23.1. The van der Waals surface area contributed by atoms with E-state index < -0.39 is 32.5 Å². The van der Waals surface area contributed by atoms with Crippen molar-refractivity contribution in [3.05, 3.63) is 88.2 Å². The van der Waals surface area contributed by atoms with Crippen LogP contribution in [0.1, 0.15) is 16.7 Å². The molecule has 1 aliphatic rings. The van der Waals surface area contributed by atoms with Crippen molar-refractivity contribution in [2.24, 2.45) is 0 Å². The van der Waals surface area contributed by atoms with Gasteiger partial charge in [0, 0.05) is 18.2 Å². The average Bonchev–Trinajstić information content (AvgIpc) is 3.17. The maximum Gasteiger partial charge on any atom is 0.416 e. The van der Waals surface area contributed by atoms with E-state index in [1.807, 2.05) is 0 Å². The van der Waals surface area contributed by atoms with Crippen molar-refractivity contribution in [1.29, 1.82) is 0 Å². The van der Waals surface area contributed by atoms with Crippen LogP contribution >= 0.6 is 11.6 Å². The zero-order valence-electron chi connectivity index (χ0n) is 16.4. The van der Waals surface area contributed by atoms with Crippen molar-refractivity contribution in [2.45, 2.75) is 24.1 Å². The molecule has 168 valence electrons. The molecule has 4 rings (SSSR count). The largest absolute Gasteiger partial charge is 0.489 e. The Bertz CT molecular complexity index is 1260. The molecule has 1 aliphatic heterocycles. The molecule has 0 saturated carbocycles. The minimum atomic E-state index is -4.66. The molecule has 10 heteroatoms. The van der Waals surface area contributed by atoms with Gasteiger partial charge in [0.15, 0.2) is 0 Å². The summed E-state index contributed by atoms with van der Waals surface area (Å²) in [6, 6.07) is 12.6. The molecule has 0 atom stereocenters. The second-order valence-corrected chi connectivity index (χ2v) is 9.40. The van der Waals surface area contributed by atoms with Gasteiger partial charge in [0.05, 0.1) is 21.2 Å². The van der Waals surface area contributed by atoms with Crippen LogP contribution < -0.4 is 9.04 Å². The van der Waals surface area contributed by atoms with E-state index in [0.29, 0.717) is 23.7 Å². The van der Waals surface area contributed by atoms with Crippen LogP contribution in [0, 0.1) is 5.82 Å². The SMILES string of the molecule is O=S(=O)(c1cccc(C(F)(F)F)c1)N1CCc2ccc(OCc3c(F)cccc3Cl)cc21. The third-order valence-electron chi connectivity index (χ3n) is 5.10. The van der Waals surface area contributed by atoms with Gasteiger partial charge in [-0.3, -0.25) is 4.31 Å². The topological polar surface area (TPSA) is 46.6 Å². The van der Waals surface area contributed by atoms with Gasteiger partial charge in [-0.2, -0.15) is 13.2 Å². The standard InChI is InChI=1S/C22H16ClF4NO3S/c23-19-5-2-6-20(24)18(19)13-31-16-8-7-14-9-10-28(21(14)12-16)32(29,30)17-4-1-3-15(11-17)22(25,26)27/h1-8,11-12H,9-10,13H2. The van der Waals surface area contributed by atoms with Crippen LogP contribution in [0.15, 0.2) is 65.6 Å². The average molecular weight is 486 g/mol. The van der Waals surface area contributed by atoms with Crippen LogP contribution in [0.2, 0.25) is 5.02 Å². The summed E-state index contributed by atoms with van der Waals surface area (Å²) in [6.07, 6.45) is -4.27. The second kappa shape index (κ2) is 8.29. The normalized spacial score (nSPS) is 13.8. The van der Waals surface area contributed by atoms with Crippen molar-refractivity contribution in [2.75, 3.05) is 10.8 Å². The molecular weight excluding hydrogens is 470 g/mol. The minimum Gasteiger partial charge on any atom is -0.489 e. The summed E-state index contributed by atoms with van der Waals surface area (Å²) in [5.41, 5.74) is 0.122. The number of nitrogens with zero attached hydrogens (tertiary/aromatic N) is 1. The fraction of sp³-hybridized carbons (Fsp3) is 0.182. The van der Waals surface area contributed by atoms with Crippen molar-refractivity contribution < 1.29 is 30.7 Å². The number of ether oxygens (including phenoxy) is 1. The predicted octanol–water partition coefficient (Wildman–Crippen LogP) is 5.83. The molecule has 0 bridgehead atoms. The van der Waals surface area contributed by atoms with E-state index in [4.69, 9.17) is 16.3 Å². The molecule has 0 aliphatic carbocycles. The molecule has 0 aromatic heterocycles. The molecule has 32 heavy (non-hydrogen) atoms. The van der Waals surface area contributed by atoms with Gasteiger partial charge in [0.2, 0.25) is 0 Å². The smallest absolute Gasteiger partial charge is 0.416 e. The lowest BCUT2D eigenvalue weighted by Crippen LogP contribution is -2.29. The summed E-state index contributed by atoms with van der Waals surface area (Å²) in [5, 5.41) is 0.194. The summed E-state index contributed by atoms with van der Waals surface area (Å²) >= 11 is 6.00. The zero-order valence-corrected chi connectivity index (χ0v) is 17.9. The van der Waals surface area contributed by atoms with Gasteiger partial charge in [0.1, 0.15) is 18.2 Å². The Hall–Kier alpha value is -2.78. The summed E-state index contributed by atoms with van der Waals surface area (Å²) in [7, 11) is -4.24. The van der Waals surface area contributed by atoms with Crippen LogP contribution in [0.3, 0.4) is 0 Å². The third kappa shape index (κ3) is 4.27. The van der Waals surface area contributed by atoms with E-state index >= 15 is 0 Å². The van der Waals surface area contributed by atoms with Gasteiger partial charge in [-0.1, -0.05) is 29.8 Å². The number of hydrogen-bond acceptors (Lipinski definition) is 3. The number of alkyl halides is 3. The number of hydrogen-bond donors (Lipinski definition) is 0. The molecule has 0 N–H and O–H groups in total. The fourth-order valence-electron chi connectivity index (χ4n) is 3.45. The third-order valence-corrected chi connectivity index (χ3v) is 7.27. The Labute approximate surface area is 187 Å². The Morgan fingerprint density at radius 2 is 1.78 bits per heavy atom. The first-order valence-electron chi connectivity index (χ1n) is 9.46. The minimum absolute atomic E-state index is 0.0799. The molecule has 0 spiro atoms. The second-order valence-electron chi connectivity index (χ2n) is 7.13. The maximum absolute atomic E-state index is 14.0. The molecule has 3 aromatic carbocycles. The molecule has 1 heterocycles. The summed E-state index contributed by atoms with van der Waals surface area (Å²) in [6.45, 7) is -0.0961. The first kappa shape index (κ1) is 22.4. The highest BCUT2D eigenvalue weighted by Gasteiger charge is 2.35. The first-order valence-corrected chi connectivity index (χ1v) is 11.3. The Balaban J connectivity index is 1.62. The van der Waals surface area contributed by atoms with Gasteiger partial charge in [-0.05, 0) is 48.4 Å². The lowest BCUT2D eigenvalue weighted by molar-refractivity contribution is -0.137. The van der Waals surface area contributed by atoms with E-state index in [0.717, 1.165) is 22.5 Å². The lowest BCUT2D eigenvalue weighted by atomic mass is 10.1. The molecular formula is C22H16ClF4NO3S. The molecule has 0 radical (unpaired) electrons. The van der Waals surface area contributed by atoms with Crippen molar-refractivity contribution >= 4 is 27.3 Å². The molecule has 0 saturated heterocycles. The van der Waals surface area contributed by atoms with Crippen LogP contribution in [0.25, 0.3) is 0 Å². The number of benzene rings is 3. The van der Waals surface area contributed by atoms with E-state index in [1.165, 1.54) is 24.3 Å². The number of sulfonamides is 1. The molecule has 3 aromatic rings. The molecule has 0 fully saturated rings. The van der Waals surface area contributed by atoms with Crippen molar-refractivity contribution in [3.8, 4) is 5.75 Å². The number of anilines is 1. The van der Waals surface area contributed by atoms with Gasteiger partial charge in [-0.15, -0.1) is 0 Å². The van der Waals surface area contributed by atoms with E-state index in [9.17, 15) is 26.0 Å². The highest BCUT2D eigenvalue weighted by Crippen LogP contribution is 2.37. The summed E-state index contributed by atoms with van der Waals surface area (Å²) in [5.74, 6) is -0.262. The van der Waals surface area contributed by atoms with Crippen LogP contribution in [0.4, 0.5) is 23.2 Å². The number of halogens is 5. The van der Waals surface area contributed by atoms with Crippen molar-refractivity contribution in [3.63, 3.8) is 0 Å². The van der Waals surface area contributed by atoms with E-state index in [1.54, 1.807) is 12.1 Å². The van der Waals surface area contributed by atoms with Gasteiger partial charge in [-0.25, -0.2) is 12.8 Å². The van der Waals surface area contributed by atoms with Crippen LogP contribution in [0.5, 0.6) is 5.75 Å². The quantitative estimate of drug-likeness (QED) is 0.427. The summed E-state index contributed by atoms with van der Waals surface area (Å²) < 4.78 is 86.0. The fourth-order valence-corrected chi connectivity index (χ4v) is 5.21. The Morgan fingerprint density at radius 3 is 2.50 bits per heavy atom. The summed E-state index contributed by atoms with van der Waals surface area (Å²) in [4.78, 5) is -0.454. The van der Waals surface area contributed by atoms with Gasteiger partial charge in [0.25, 0.3) is 10.0 Å². The Morgan fingerprint density at radius 1 is 1.03 bits per heavy atom. The highest BCUT2D eigenvalue weighted by atomic mass is 35.5. The van der Waals surface area contributed by atoms with Crippen LogP contribution in [-0.4, -0.2) is 15.0 Å².